The van der Waals surface area contributed by atoms with Crippen molar-refractivity contribution in [3.63, 3.8) is 0 Å². The number of benzene rings is 1. The SMILES string of the molecule is CCN(C(=O)COC(=O)c1nn(-c2ccc(F)cc2)c2c1CCCC2)[C@@H]1CCS(=O)(=O)C1. The number of carbonyl (C=O) groups excluding carboxylic acids is 2. The Balaban J connectivity index is 1.50. The van der Waals surface area contributed by atoms with Crippen LogP contribution in [0.1, 0.15) is 47.9 Å². The van der Waals surface area contributed by atoms with E-state index in [1.807, 2.05) is 0 Å². The second-order valence-electron chi connectivity index (χ2n) is 8.18. The Kier molecular flexibility index (Phi) is 6.32. The Hall–Kier alpha value is -2.75. The number of likely N-dealkylation sites (N-methyl/N-ethyl adjacent to an activating group) is 1. The van der Waals surface area contributed by atoms with Gasteiger partial charge in [-0.25, -0.2) is 22.3 Å². The number of carbonyl (C=O) groups is 2. The predicted octanol–water partition coefficient (Wildman–Crippen LogP) is 2.08. The van der Waals surface area contributed by atoms with Gasteiger partial charge in [-0.05, 0) is 63.3 Å². The number of hydrogen-bond acceptors (Lipinski definition) is 6. The first kappa shape index (κ1) is 22.4. The summed E-state index contributed by atoms with van der Waals surface area (Å²) in [6.07, 6.45) is 3.69. The molecule has 1 amide bonds. The Labute approximate surface area is 186 Å². The van der Waals surface area contributed by atoms with E-state index in [-0.39, 0.29) is 29.1 Å². The Bertz CT molecular complexity index is 1130. The Morgan fingerprint density at radius 2 is 1.94 bits per heavy atom. The quantitative estimate of drug-likeness (QED) is 0.609. The van der Waals surface area contributed by atoms with Gasteiger partial charge in [0.1, 0.15) is 5.82 Å². The predicted molar refractivity (Wildman–Crippen MR) is 115 cm³/mol. The third-order valence-electron chi connectivity index (χ3n) is 6.08. The number of nitrogens with zero attached hydrogens (tertiary/aromatic N) is 3. The van der Waals surface area contributed by atoms with E-state index in [2.05, 4.69) is 5.10 Å². The zero-order valence-electron chi connectivity index (χ0n) is 17.9. The molecule has 2 aromatic rings. The minimum Gasteiger partial charge on any atom is -0.451 e. The van der Waals surface area contributed by atoms with Gasteiger partial charge in [0.05, 0.1) is 17.2 Å². The van der Waals surface area contributed by atoms with Crippen LogP contribution in [-0.4, -0.2) is 65.7 Å². The number of rotatable bonds is 6. The van der Waals surface area contributed by atoms with E-state index in [1.165, 1.54) is 17.0 Å². The molecule has 1 aliphatic heterocycles. The molecular weight excluding hydrogens is 437 g/mol. The Morgan fingerprint density at radius 1 is 1.22 bits per heavy atom. The van der Waals surface area contributed by atoms with Crippen LogP contribution in [0, 0.1) is 5.82 Å². The van der Waals surface area contributed by atoms with E-state index in [9.17, 15) is 22.4 Å². The first-order chi connectivity index (χ1) is 15.3. The number of halogens is 1. The standard InChI is InChI=1S/C22H26FN3O5S/c1-2-25(17-11-12-32(29,30)14-17)20(27)13-31-22(28)21-18-5-3-4-6-19(18)26(24-21)16-9-7-15(23)8-10-16/h7-10,17H,2-6,11-14H2,1H3/t17-/m1/s1. The van der Waals surface area contributed by atoms with Crippen molar-refractivity contribution in [3.8, 4) is 5.69 Å². The second kappa shape index (κ2) is 9.01. The van der Waals surface area contributed by atoms with Crippen LogP contribution in [-0.2, 0) is 32.2 Å². The van der Waals surface area contributed by atoms with Crippen LogP contribution in [0.3, 0.4) is 0 Å². The summed E-state index contributed by atoms with van der Waals surface area (Å²) in [6, 6.07) is 5.49. The topological polar surface area (TPSA) is 98.6 Å². The molecule has 0 radical (unpaired) electrons. The van der Waals surface area contributed by atoms with Crippen LogP contribution in [0.15, 0.2) is 24.3 Å². The summed E-state index contributed by atoms with van der Waals surface area (Å²) >= 11 is 0. The van der Waals surface area contributed by atoms with E-state index in [4.69, 9.17) is 4.74 Å². The first-order valence-corrected chi connectivity index (χ1v) is 12.6. The highest BCUT2D eigenvalue weighted by Crippen LogP contribution is 2.27. The average Bonchev–Trinajstić information content (AvgIpc) is 3.33. The summed E-state index contributed by atoms with van der Waals surface area (Å²) < 4.78 is 43.8. The molecule has 2 heterocycles. The first-order valence-electron chi connectivity index (χ1n) is 10.8. The van der Waals surface area contributed by atoms with Gasteiger partial charge in [-0.3, -0.25) is 4.79 Å². The van der Waals surface area contributed by atoms with Crippen molar-refractivity contribution in [1.82, 2.24) is 14.7 Å². The van der Waals surface area contributed by atoms with E-state index in [0.29, 0.717) is 25.1 Å². The van der Waals surface area contributed by atoms with Gasteiger partial charge in [0.2, 0.25) is 0 Å². The van der Waals surface area contributed by atoms with E-state index in [0.717, 1.165) is 30.5 Å². The normalized spacial score (nSPS) is 19.4. The van der Waals surface area contributed by atoms with E-state index < -0.39 is 28.3 Å². The molecule has 1 aromatic heterocycles. The molecule has 2 aliphatic rings. The minimum atomic E-state index is -3.13. The number of fused-ring (bicyclic) bond motifs is 1. The average molecular weight is 464 g/mol. The molecule has 32 heavy (non-hydrogen) atoms. The fourth-order valence-corrected chi connectivity index (χ4v) is 6.23. The smallest absolute Gasteiger partial charge is 0.359 e. The maximum atomic E-state index is 13.3. The van der Waals surface area contributed by atoms with Crippen molar-refractivity contribution in [3.05, 3.63) is 47.0 Å². The van der Waals surface area contributed by atoms with E-state index in [1.54, 1.807) is 23.7 Å². The van der Waals surface area contributed by atoms with Crippen molar-refractivity contribution in [2.24, 2.45) is 0 Å². The van der Waals surface area contributed by atoms with E-state index >= 15 is 0 Å². The minimum absolute atomic E-state index is 0.0594. The fourth-order valence-electron chi connectivity index (χ4n) is 4.50. The molecule has 1 aromatic carbocycles. The lowest BCUT2D eigenvalue weighted by Crippen LogP contribution is -2.43. The van der Waals surface area contributed by atoms with Crippen molar-refractivity contribution < 1.29 is 27.1 Å². The number of ether oxygens (including phenoxy) is 1. The number of sulfone groups is 1. The van der Waals surface area contributed by atoms with Crippen molar-refractivity contribution >= 4 is 21.7 Å². The number of amides is 1. The van der Waals surface area contributed by atoms with Crippen LogP contribution < -0.4 is 0 Å². The van der Waals surface area contributed by atoms with Gasteiger partial charge in [-0.1, -0.05) is 0 Å². The van der Waals surface area contributed by atoms with Crippen molar-refractivity contribution in [2.75, 3.05) is 24.7 Å². The lowest BCUT2D eigenvalue weighted by molar-refractivity contribution is -0.136. The van der Waals surface area contributed by atoms with Gasteiger partial charge in [0.25, 0.3) is 5.91 Å². The maximum Gasteiger partial charge on any atom is 0.359 e. The summed E-state index contributed by atoms with van der Waals surface area (Å²) in [6.45, 7) is 1.64. The van der Waals surface area contributed by atoms with Crippen LogP contribution in [0.5, 0.6) is 0 Å². The molecule has 10 heteroatoms. The monoisotopic (exact) mass is 463 g/mol. The molecule has 1 fully saturated rings. The molecule has 0 saturated carbocycles. The number of hydrogen-bond donors (Lipinski definition) is 0. The number of esters is 1. The third-order valence-corrected chi connectivity index (χ3v) is 7.83. The van der Waals surface area contributed by atoms with Crippen LogP contribution in [0.4, 0.5) is 4.39 Å². The van der Waals surface area contributed by atoms with Crippen molar-refractivity contribution in [2.45, 2.75) is 45.1 Å². The molecule has 1 saturated heterocycles. The molecule has 0 N–H and O–H groups in total. The second-order valence-corrected chi connectivity index (χ2v) is 10.4. The molecular formula is C22H26FN3O5S. The van der Waals surface area contributed by atoms with Crippen LogP contribution in [0.2, 0.25) is 0 Å². The van der Waals surface area contributed by atoms with Gasteiger partial charge >= 0.3 is 5.97 Å². The zero-order valence-corrected chi connectivity index (χ0v) is 18.7. The fraction of sp³-hybridized carbons (Fsp3) is 0.500. The summed E-state index contributed by atoms with van der Waals surface area (Å²) in [7, 11) is -3.13. The lowest BCUT2D eigenvalue weighted by atomic mass is 9.95. The molecule has 0 bridgehead atoms. The lowest BCUT2D eigenvalue weighted by Gasteiger charge is -2.26. The zero-order chi connectivity index (χ0) is 22.9. The molecule has 1 aliphatic carbocycles. The number of aromatic nitrogens is 2. The highest BCUT2D eigenvalue weighted by atomic mass is 32.2. The largest absolute Gasteiger partial charge is 0.451 e. The molecule has 0 spiro atoms. The third kappa shape index (κ3) is 4.55. The highest BCUT2D eigenvalue weighted by molar-refractivity contribution is 7.91. The molecule has 8 nitrogen and oxygen atoms in total. The molecule has 172 valence electrons. The molecule has 4 rings (SSSR count). The van der Waals surface area contributed by atoms with Gasteiger partial charge in [0, 0.05) is 23.8 Å². The summed E-state index contributed by atoms with van der Waals surface area (Å²) in [4.78, 5) is 26.9. The van der Waals surface area contributed by atoms with Gasteiger partial charge in [-0.2, -0.15) is 5.10 Å². The van der Waals surface area contributed by atoms with Gasteiger partial charge in [0.15, 0.2) is 22.1 Å². The van der Waals surface area contributed by atoms with Gasteiger partial charge < -0.3 is 9.64 Å². The van der Waals surface area contributed by atoms with Crippen molar-refractivity contribution in [1.29, 1.82) is 0 Å². The summed E-state index contributed by atoms with van der Waals surface area (Å²) in [5.74, 6) is -1.46. The molecule has 0 unspecified atom stereocenters. The highest BCUT2D eigenvalue weighted by Gasteiger charge is 2.34. The van der Waals surface area contributed by atoms with Crippen LogP contribution in [0.25, 0.3) is 5.69 Å². The summed E-state index contributed by atoms with van der Waals surface area (Å²) in [5, 5.41) is 4.45. The maximum absolute atomic E-state index is 13.3. The van der Waals surface area contributed by atoms with Gasteiger partial charge in [-0.15, -0.1) is 0 Å². The Morgan fingerprint density at radius 3 is 2.59 bits per heavy atom. The summed E-state index contributed by atoms with van der Waals surface area (Å²) in [5.41, 5.74) is 2.52. The molecule has 1 atom stereocenters. The van der Waals surface area contributed by atoms with Crippen LogP contribution >= 0.6 is 0 Å².